The number of nitrogens with zero attached hydrogens (tertiary/aromatic N) is 1. The van der Waals surface area contributed by atoms with Gasteiger partial charge in [0.05, 0.1) is 11.0 Å². The van der Waals surface area contributed by atoms with Crippen molar-refractivity contribution < 1.29 is 23.1 Å². The summed E-state index contributed by atoms with van der Waals surface area (Å²) in [7, 11) is 0. The van der Waals surface area contributed by atoms with Gasteiger partial charge >= 0.3 is 12.1 Å². The topological polar surface area (TPSA) is 78.0 Å². The molecule has 1 heterocycles. The molecular formula is C25H24F3N3O2. The van der Waals surface area contributed by atoms with Gasteiger partial charge in [0, 0.05) is 18.2 Å². The van der Waals surface area contributed by atoms with E-state index in [1.165, 1.54) is 16.7 Å². The van der Waals surface area contributed by atoms with E-state index in [2.05, 4.69) is 83.7 Å². The normalized spacial score (nSPS) is 11.3. The Morgan fingerprint density at radius 2 is 1.61 bits per heavy atom. The van der Waals surface area contributed by atoms with Crippen molar-refractivity contribution in [2.75, 3.05) is 0 Å². The van der Waals surface area contributed by atoms with E-state index in [9.17, 15) is 13.2 Å². The monoisotopic (exact) mass is 455 g/mol. The maximum absolute atomic E-state index is 10.6. The van der Waals surface area contributed by atoms with Crippen LogP contribution >= 0.6 is 0 Å². The molecule has 172 valence electrons. The highest BCUT2D eigenvalue weighted by Gasteiger charge is 2.38. The number of carboxylic acid groups (broad SMARTS) is 1. The van der Waals surface area contributed by atoms with Gasteiger partial charge in [0.15, 0.2) is 0 Å². The number of H-pyrrole nitrogens is 1. The lowest BCUT2D eigenvalue weighted by atomic mass is 10.0. The molecule has 0 aliphatic rings. The number of hydrogen-bond donors (Lipinski definition) is 3. The molecule has 0 radical (unpaired) electrons. The Hall–Kier alpha value is -3.65. The largest absolute Gasteiger partial charge is 0.490 e. The molecule has 3 N–H and O–H groups in total. The van der Waals surface area contributed by atoms with Crippen LogP contribution in [0.3, 0.4) is 0 Å². The van der Waals surface area contributed by atoms with Crippen LogP contribution in [-0.2, 0) is 11.3 Å². The number of halogens is 3. The van der Waals surface area contributed by atoms with Crippen molar-refractivity contribution in [3.8, 4) is 22.5 Å². The first-order valence-electron chi connectivity index (χ1n) is 10.3. The summed E-state index contributed by atoms with van der Waals surface area (Å²) in [6.45, 7) is 5.23. The van der Waals surface area contributed by atoms with E-state index < -0.39 is 12.1 Å². The summed E-state index contributed by atoms with van der Waals surface area (Å²) in [5.41, 5.74) is 6.93. The van der Waals surface area contributed by atoms with Crippen molar-refractivity contribution in [2.24, 2.45) is 0 Å². The number of aromatic amines is 1. The summed E-state index contributed by atoms with van der Waals surface area (Å²) in [6, 6.07) is 25.9. The Morgan fingerprint density at radius 3 is 2.21 bits per heavy atom. The lowest BCUT2D eigenvalue weighted by Gasteiger charge is -2.10. The maximum atomic E-state index is 10.6. The van der Waals surface area contributed by atoms with Crippen LogP contribution in [0.15, 0.2) is 72.8 Å². The van der Waals surface area contributed by atoms with Crippen LogP contribution in [-0.4, -0.2) is 33.3 Å². The number of para-hydroxylation sites is 2. The van der Waals surface area contributed by atoms with E-state index in [1.807, 2.05) is 18.2 Å². The molecule has 0 saturated heterocycles. The summed E-state index contributed by atoms with van der Waals surface area (Å²) in [6.07, 6.45) is -5.08. The second kappa shape index (κ2) is 10.3. The molecular weight excluding hydrogens is 431 g/mol. The Labute approximate surface area is 189 Å². The number of benzene rings is 3. The van der Waals surface area contributed by atoms with Gasteiger partial charge in [-0.3, -0.25) is 0 Å². The molecule has 0 saturated carbocycles. The summed E-state index contributed by atoms with van der Waals surface area (Å²) >= 11 is 0. The quantitative estimate of drug-likeness (QED) is 0.343. The molecule has 0 atom stereocenters. The molecule has 33 heavy (non-hydrogen) atoms. The average molecular weight is 455 g/mol. The first-order valence-corrected chi connectivity index (χ1v) is 10.3. The number of aromatic nitrogens is 2. The van der Waals surface area contributed by atoms with Crippen molar-refractivity contribution in [3.05, 3.63) is 78.4 Å². The van der Waals surface area contributed by atoms with E-state index >= 15 is 0 Å². The fourth-order valence-corrected chi connectivity index (χ4v) is 3.09. The number of nitrogens with one attached hydrogen (secondary N) is 2. The molecule has 1 aromatic heterocycles. The zero-order valence-corrected chi connectivity index (χ0v) is 18.1. The number of fused-ring (bicyclic) bond motifs is 1. The Morgan fingerprint density at radius 1 is 0.970 bits per heavy atom. The summed E-state index contributed by atoms with van der Waals surface area (Å²) < 4.78 is 31.7. The molecule has 0 fully saturated rings. The van der Waals surface area contributed by atoms with Crippen molar-refractivity contribution >= 4 is 17.0 Å². The Kier molecular flexibility index (Phi) is 7.50. The second-order valence-corrected chi connectivity index (χ2v) is 7.72. The van der Waals surface area contributed by atoms with Crippen LogP contribution in [0, 0.1) is 0 Å². The Bertz CT molecular complexity index is 1180. The van der Waals surface area contributed by atoms with Crippen LogP contribution < -0.4 is 5.32 Å². The zero-order valence-electron chi connectivity index (χ0n) is 18.1. The molecule has 0 spiro atoms. The molecule has 0 aliphatic carbocycles. The number of carbonyl (C=O) groups is 1. The number of aliphatic carboxylic acids is 1. The highest BCUT2D eigenvalue weighted by molar-refractivity contribution is 5.79. The van der Waals surface area contributed by atoms with Crippen molar-refractivity contribution in [1.29, 1.82) is 0 Å². The van der Waals surface area contributed by atoms with Crippen molar-refractivity contribution in [1.82, 2.24) is 15.3 Å². The maximum Gasteiger partial charge on any atom is 0.490 e. The fourth-order valence-electron chi connectivity index (χ4n) is 3.09. The van der Waals surface area contributed by atoms with Crippen LogP contribution in [0.1, 0.15) is 19.4 Å². The van der Waals surface area contributed by atoms with Gasteiger partial charge in [0.2, 0.25) is 0 Å². The minimum absolute atomic E-state index is 0.488. The van der Waals surface area contributed by atoms with E-state index in [-0.39, 0.29) is 0 Å². The van der Waals surface area contributed by atoms with Gasteiger partial charge < -0.3 is 15.4 Å². The number of imidazole rings is 1. The van der Waals surface area contributed by atoms with E-state index in [4.69, 9.17) is 9.90 Å². The number of hydrogen-bond acceptors (Lipinski definition) is 3. The van der Waals surface area contributed by atoms with Gasteiger partial charge in [-0.15, -0.1) is 0 Å². The predicted molar refractivity (Wildman–Crippen MR) is 123 cm³/mol. The van der Waals surface area contributed by atoms with Crippen LogP contribution in [0.4, 0.5) is 13.2 Å². The summed E-state index contributed by atoms with van der Waals surface area (Å²) in [5.74, 6) is -1.85. The number of alkyl halides is 3. The third-order valence-electron chi connectivity index (χ3n) is 4.76. The highest BCUT2D eigenvalue weighted by atomic mass is 19.4. The molecule has 0 amide bonds. The standard InChI is InChI=1S/C23H23N3.C2HF3O2/c1-16(2)24-15-17-6-5-7-20(14-17)18-10-12-19(13-11-18)23-25-21-8-3-4-9-22(21)26-23;3-2(4,5)1(6)7/h3-14,16,24H,15H2,1-2H3,(H,25,26);(H,6,7). The molecule has 0 aliphatic heterocycles. The molecule has 8 heteroatoms. The highest BCUT2D eigenvalue weighted by Crippen LogP contribution is 2.25. The minimum atomic E-state index is -5.08. The van der Waals surface area contributed by atoms with Crippen LogP contribution in [0.25, 0.3) is 33.5 Å². The molecule has 3 aromatic carbocycles. The predicted octanol–water partition coefficient (Wildman–Crippen LogP) is 6.03. The molecule has 4 rings (SSSR count). The van der Waals surface area contributed by atoms with E-state index in [0.29, 0.717) is 6.04 Å². The van der Waals surface area contributed by atoms with E-state index in [1.54, 1.807) is 0 Å². The third kappa shape index (κ3) is 6.66. The zero-order chi connectivity index (χ0) is 24.0. The summed E-state index contributed by atoms with van der Waals surface area (Å²) in [4.78, 5) is 17.0. The van der Waals surface area contributed by atoms with Gasteiger partial charge in [-0.2, -0.15) is 13.2 Å². The lowest BCUT2D eigenvalue weighted by molar-refractivity contribution is -0.192. The minimum Gasteiger partial charge on any atom is -0.475 e. The van der Waals surface area contributed by atoms with Crippen LogP contribution in [0.5, 0.6) is 0 Å². The molecule has 0 unspecified atom stereocenters. The summed E-state index contributed by atoms with van der Waals surface area (Å²) in [5, 5.41) is 10.6. The molecule has 0 bridgehead atoms. The van der Waals surface area contributed by atoms with E-state index in [0.717, 1.165) is 29.0 Å². The number of rotatable bonds is 5. The number of carboxylic acids is 1. The first kappa shape index (κ1) is 24.0. The van der Waals surface area contributed by atoms with Crippen molar-refractivity contribution in [3.63, 3.8) is 0 Å². The second-order valence-electron chi connectivity index (χ2n) is 7.72. The van der Waals surface area contributed by atoms with Gasteiger partial charge in [0.1, 0.15) is 5.82 Å². The van der Waals surface area contributed by atoms with Gasteiger partial charge in [-0.25, -0.2) is 9.78 Å². The lowest BCUT2D eigenvalue weighted by Crippen LogP contribution is -2.21. The SMILES string of the molecule is CC(C)NCc1cccc(-c2ccc(-c3nc4ccccc4[nH]3)cc2)c1.O=C(O)C(F)(F)F. The third-order valence-corrected chi connectivity index (χ3v) is 4.76. The smallest absolute Gasteiger partial charge is 0.475 e. The first-order chi connectivity index (χ1) is 15.6. The van der Waals surface area contributed by atoms with Gasteiger partial charge in [0.25, 0.3) is 0 Å². The fraction of sp³-hybridized carbons (Fsp3) is 0.200. The average Bonchev–Trinajstić information content (AvgIpc) is 3.22. The van der Waals surface area contributed by atoms with Crippen LogP contribution in [0.2, 0.25) is 0 Å². The molecule has 5 nitrogen and oxygen atoms in total. The van der Waals surface area contributed by atoms with Gasteiger partial charge in [-0.1, -0.05) is 68.4 Å². The van der Waals surface area contributed by atoms with Gasteiger partial charge in [-0.05, 0) is 34.9 Å². The Balaban J connectivity index is 0.000000383. The molecule has 4 aromatic rings. The van der Waals surface area contributed by atoms with Crippen molar-refractivity contribution in [2.45, 2.75) is 32.6 Å².